The van der Waals surface area contributed by atoms with Gasteiger partial charge in [0.2, 0.25) is 0 Å². The number of benzene rings is 1. The first-order chi connectivity index (χ1) is 9.06. The Labute approximate surface area is 112 Å². The second-order valence-corrected chi connectivity index (χ2v) is 4.17. The molecule has 0 saturated heterocycles. The van der Waals surface area contributed by atoms with Gasteiger partial charge in [-0.1, -0.05) is 6.07 Å². The van der Waals surface area contributed by atoms with E-state index >= 15 is 0 Å². The standard InChI is InChI=1S/C14H17N3O2/c1-10(2)17-14(18)11(8-15)9-16-12-5-4-6-13(7-12)19-3/h4-7,9-10,16H,1-3H3,(H,17,18)/b11-9-. The third kappa shape index (κ3) is 4.72. The van der Waals surface area contributed by atoms with E-state index in [1.807, 2.05) is 38.1 Å². The van der Waals surface area contributed by atoms with E-state index in [9.17, 15) is 4.79 Å². The Bertz CT molecular complexity index is 516. The molecular formula is C14H17N3O2. The smallest absolute Gasteiger partial charge is 0.263 e. The van der Waals surface area contributed by atoms with Crippen molar-refractivity contribution in [2.24, 2.45) is 0 Å². The number of hydrogen-bond donors (Lipinski definition) is 2. The maximum Gasteiger partial charge on any atom is 0.263 e. The number of anilines is 1. The molecule has 0 radical (unpaired) electrons. The van der Waals surface area contributed by atoms with Crippen LogP contribution in [0.2, 0.25) is 0 Å². The Kier molecular flexibility index (Phi) is 5.42. The zero-order valence-corrected chi connectivity index (χ0v) is 11.2. The molecule has 0 aliphatic carbocycles. The van der Waals surface area contributed by atoms with Crippen LogP contribution in [0.1, 0.15) is 13.8 Å². The number of nitriles is 1. The lowest BCUT2D eigenvalue weighted by Crippen LogP contribution is -2.31. The molecule has 5 nitrogen and oxygen atoms in total. The number of amides is 1. The highest BCUT2D eigenvalue weighted by Gasteiger charge is 2.09. The number of rotatable bonds is 5. The SMILES string of the molecule is COc1cccc(N/C=C(/C#N)C(=O)NC(C)C)c1. The first-order valence-electron chi connectivity index (χ1n) is 5.88. The lowest BCUT2D eigenvalue weighted by Gasteiger charge is -2.08. The summed E-state index contributed by atoms with van der Waals surface area (Å²) in [5.74, 6) is 0.302. The Hall–Kier alpha value is -2.48. The van der Waals surface area contributed by atoms with Crippen LogP contribution in [-0.2, 0) is 4.79 Å². The number of nitrogens with one attached hydrogen (secondary N) is 2. The van der Waals surface area contributed by atoms with E-state index in [0.717, 1.165) is 5.69 Å². The molecular weight excluding hydrogens is 242 g/mol. The van der Waals surface area contributed by atoms with Crippen LogP contribution in [-0.4, -0.2) is 19.1 Å². The minimum absolute atomic E-state index is 0.0129. The van der Waals surface area contributed by atoms with Crippen LogP contribution in [0.4, 0.5) is 5.69 Å². The van der Waals surface area contributed by atoms with Gasteiger partial charge in [0.05, 0.1) is 7.11 Å². The van der Waals surface area contributed by atoms with E-state index in [1.54, 1.807) is 13.2 Å². The summed E-state index contributed by atoms with van der Waals surface area (Å²) in [5, 5.41) is 14.5. The molecule has 0 aromatic heterocycles. The molecule has 1 amide bonds. The van der Waals surface area contributed by atoms with Gasteiger partial charge in [0.15, 0.2) is 0 Å². The molecule has 1 rings (SSSR count). The number of nitrogens with zero attached hydrogens (tertiary/aromatic N) is 1. The summed E-state index contributed by atoms with van der Waals surface area (Å²) in [4.78, 5) is 11.7. The van der Waals surface area contributed by atoms with Crippen molar-refractivity contribution in [1.82, 2.24) is 5.32 Å². The van der Waals surface area contributed by atoms with Crippen molar-refractivity contribution < 1.29 is 9.53 Å². The summed E-state index contributed by atoms with van der Waals surface area (Å²) >= 11 is 0. The largest absolute Gasteiger partial charge is 0.497 e. The zero-order valence-electron chi connectivity index (χ0n) is 11.2. The summed E-state index contributed by atoms with van der Waals surface area (Å²) in [6, 6.07) is 9.06. The molecule has 0 spiro atoms. The van der Waals surface area contributed by atoms with Gasteiger partial charge in [-0.25, -0.2) is 0 Å². The fraction of sp³-hybridized carbons (Fsp3) is 0.286. The average molecular weight is 259 g/mol. The topological polar surface area (TPSA) is 74.1 Å². The van der Waals surface area contributed by atoms with Crippen molar-refractivity contribution in [2.75, 3.05) is 12.4 Å². The van der Waals surface area contributed by atoms with Gasteiger partial charge in [-0.2, -0.15) is 5.26 Å². The lowest BCUT2D eigenvalue weighted by molar-refractivity contribution is -0.117. The van der Waals surface area contributed by atoms with Gasteiger partial charge < -0.3 is 15.4 Å². The first kappa shape index (κ1) is 14.6. The molecule has 0 unspecified atom stereocenters. The quantitative estimate of drug-likeness (QED) is 0.627. The summed E-state index contributed by atoms with van der Waals surface area (Å²) in [5.41, 5.74) is 0.765. The van der Waals surface area contributed by atoms with E-state index in [-0.39, 0.29) is 11.6 Å². The second-order valence-electron chi connectivity index (χ2n) is 4.17. The van der Waals surface area contributed by atoms with Gasteiger partial charge >= 0.3 is 0 Å². The number of carbonyl (C=O) groups is 1. The summed E-state index contributed by atoms with van der Waals surface area (Å²) < 4.78 is 5.08. The van der Waals surface area contributed by atoms with Gasteiger partial charge in [0.1, 0.15) is 17.4 Å². The van der Waals surface area contributed by atoms with Crippen molar-refractivity contribution >= 4 is 11.6 Å². The van der Waals surface area contributed by atoms with E-state index in [0.29, 0.717) is 5.75 Å². The molecule has 0 fully saturated rings. The van der Waals surface area contributed by atoms with Crippen LogP contribution < -0.4 is 15.4 Å². The Morgan fingerprint density at radius 2 is 2.21 bits per heavy atom. The van der Waals surface area contributed by atoms with Gasteiger partial charge in [0.25, 0.3) is 5.91 Å². The van der Waals surface area contributed by atoms with Gasteiger partial charge in [-0.15, -0.1) is 0 Å². The molecule has 0 saturated carbocycles. The molecule has 0 aliphatic rings. The molecule has 1 aromatic rings. The van der Waals surface area contributed by atoms with Crippen molar-refractivity contribution in [3.05, 3.63) is 36.0 Å². The van der Waals surface area contributed by atoms with Crippen LogP contribution in [0.25, 0.3) is 0 Å². The van der Waals surface area contributed by atoms with E-state index < -0.39 is 5.91 Å². The predicted octanol–water partition coefficient (Wildman–Crippen LogP) is 2.04. The summed E-state index contributed by atoms with van der Waals surface area (Å²) in [7, 11) is 1.58. The fourth-order valence-corrected chi connectivity index (χ4v) is 1.36. The van der Waals surface area contributed by atoms with Crippen molar-refractivity contribution in [3.63, 3.8) is 0 Å². The number of ether oxygens (including phenoxy) is 1. The molecule has 0 atom stereocenters. The average Bonchev–Trinajstić information content (AvgIpc) is 2.39. The Morgan fingerprint density at radius 1 is 1.47 bits per heavy atom. The van der Waals surface area contributed by atoms with Crippen LogP contribution in [0, 0.1) is 11.3 Å². The number of carbonyl (C=O) groups excluding carboxylic acids is 1. The summed E-state index contributed by atoms with van der Waals surface area (Å²) in [6.45, 7) is 3.67. The van der Waals surface area contributed by atoms with Crippen LogP contribution in [0.15, 0.2) is 36.0 Å². The van der Waals surface area contributed by atoms with E-state index in [1.165, 1.54) is 6.20 Å². The normalized spacial score (nSPS) is 10.8. The van der Waals surface area contributed by atoms with Crippen molar-refractivity contribution in [3.8, 4) is 11.8 Å². The fourth-order valence-electron chi connectivity index (χ4n) is 1.36. The maximum absolute atomic E-state index is 11.7. The summed E-state index contributed by atoms with van der Waals surface area (Å²) in [6.07, 6.45) is 1.38. The Balaban J connectivity index is 2.77. The molecule has 1 aromatic carbocycles. The van der Waals surface area contributed by atoms with E-state index in [4.69, 9.17) is 10.00 Å². The van der Waals surface area contributed by atoms with Crippen LogP contribution in [0.3, 0.4) is 0 Å². The highest BCUT2D eigenvalue weighted by atomic mass is 16.5. The highest BCUT2D eigenvalue weighted by Crippen LogP contribution is 2.16. The highest BCUT2D eigenvalue weighted by molar-refractivity contribution is 5.97. The van der Waals surface area contributed by atoms with Crippen molar-refractivity contribution in [1.29, 1.82) is 5.26 Å². The van der Waals surface area contributed by atoms with Crippen LogP contribution >= 0.6 is 0 Å². The molecule has 19 heavy (non-hydrogen) atoms. The van der Waals surface area contributed by atoms with Crippen LogP contribution in [0.5, 0.6) is 5.75 Å². The number of methoxy groups -OCH3 is 1. The third-order valence-electron chi connectivity index (χ3n) is 2.24. The predicted molar refractivity (Wildman–Crippen MR) is 73.6 cm³/mol. The molecule has 5 heteroatoms. The minimum atomic E-state index is -0.395. The number of hydrogen-bond acceptors (Lipinski definition) is 4. The molecule has 0 bridgehead atoms. The molecule has 0 aliphatic heterocycles. The lowest BCUT2D eigenvalue weighted by atomic mass is 10.2. The minimum Gasteiger partial charge on any atom is -0.497 e. The second kappa shape index (κ2) is 7.07. The van der Waals surface area contributed by atoms with Crippen molar-refractivity contribution in [2.45, 2.75) is 19.9 Å². The van der Waals surface area contributed by atoms with Gasteiger partial charge in [0, 0.05) is 24.0 Å². The Morgan fingerprint density at radius 3 is 2.79 bits per heavy atom. The van der Waals surface area contributed by atoms with E-state index in [2.05, 4.69) is 10.6 Å². The first-order valence-corrected chi connectivity index (χ1v) is 5.88. The maximum atomic E-state index is 11.7. The zero-order chi connectivity index (χ0) is 14.3. The third-order valence-corrected chi connectivity index (χ3v) is 2.24. The van der Waals surface area contributed by atoms with Gasteiger partial charge in [-0.3, -0.25) is 4.79 Å². The monoisotopic (exact) mass is 259 g/mol. The molecule has 0 heterocycles. The molecule has 2 N–H and O–H groups in total. The molecule has 100 valence electrons. The van der Waals surface area contributed by atoms with Gasteiger partial charge in [-0.05, 0) is 26.0 Å².